The Balaban J connectivity index is 2.41. The van der Waals surface area contributed by atoms with E-state index in [-0.39, 0.29) is 0 Å². The molecule has 0 spiro atoms. The van der Waals surface area contributed by atoms with Crippen molar-refractivity contribution < 1.29 is 4.74 Å². The van der Waals surface area contributed by atoms with Crippen molar-refractivity contribution in [3.8, 4) is 17.7 Å². The lowest BCUT2D eigenvalue weighted by Gasteiger charge is -2.11. The summed E-state index contributed by atoms with van der Waals surface area (Å²) in [5.41, 5.74) is 7.85. The molecule has 19 heavy (non-hydrogen) atoms. The van der Waals surface area contributed by atoms with E-state index in [1.807, 2.05) is 13.0 Å². The van der Waals surface area contributed by atoms with Crippen LogP contribution in [0, 0.1) is 21.8 Å². The predicted octanol–water partition coefficient (Wildman–Crippen LogP) is 4.00. The highest BCUT2D eigenvalue weighted by Gasteiger charge is 2.12. The van der Waals surface area contributed by atoms with Gasteiger partial charge in [0.2, 0.25) is 5.88 Å². The second-order valence-corrected chi connectivity index (χ2v) is 5.91. The summed E-state index contributed by atoms with van der Waals surface area (Å²) in [7, 11) is 0. The minimum Gasteiger partial charge on any atom is -0.435 e. The van der Waals surface area contributed by atoms with Crippen LogP contribution >= 0.6 is 38.5 Å². The van der Waals surface area contributed by atoms with Crippen LogP contribution in [0.5, 0.6) is 11.6 Å². The van der Waals surface area contributed by atoms with Gasteiger partial charge in [0, 0.05) is 6.20 Å². The highest BCUT2D eigenvalue weighted by Crippen LogP contribution is 2.35. The Kier molecular flexibility index (Phi) is 4.27. The lowest BCUT2D eigenvalue weighted by Crippen LogP contribution is -1.98. The van der Waals surface area contributed by atoms with Crippen LogP contribution in [-0.2, 0) is 0 Å². The van der Waals surface area contributed by atoms with E-state index in [0.717, 1.165) is 13.6 Å². The van der Waals surface area contributed by atoms with Crippen molar-refractivity contribution in [2.75, 3.05) is 5.73 Å². The van der Waals surface area contributed by atoms with E-state index in [0.29, 0.717) is 22.9 Å². The molecular weight excluding hydrogens is 421 g/mol. The van der Waals surface area contributed by atoms with Gasteiger partial charge in [0.1, 0.15) is 0 Å². The van der Waals surface area contributed by atoms with E-state index in [2.05, 4.69) is 49.6 Å². The van der Waals surface area contributed by atoms with E-state index in [1.165, 1.54) is 0 Å². The third-order valence-corrected chi connectivity index (χ3v) is 3.71. The first-order chi connectivity index (χ1) is 9.01. The molecule has 1 aromatic carbocycles. The maximum atomic E-state index is 8.87. The van der Waals surface area contributed by atoms with Gasteiger partial charge in [-0.25, -0.2) is 4.98 Å². The highest BCUT2D eigenvalue weighted by atomic mass is 127. The van der Waals surface area contributed by atoms with Gasteiger partial charge in [-0.05, 0) is 69.2 Å². The normalized spacial score (nSPS) is 10.0. The zero-order valence-electron chi connectivity index (χ0n) is 9.95. The molecule has 2 aromatic rings. The second kappa shape index (κ2) is 5.75. The Morgan fingerprint density at radius 1 is 1.42 bits per heavy atom. The van der Waals surface area contributed by atoms with Crippen LogP contribution in [0.1, 0.15) is 11.1 Å². The lowest BCUT2D eigenvalue weighted by atomic mass is 10.2. The summed E-state index contributed by atoms with van der Waals surface area (Å²) >= 11 is 5.48. The van der Waals surface area contributed by atoms with E-state index in [4.69, 9.17) is 15.7 Å². The molecule has 96 valence electrons. The number of rotatable bonds is 2. The fourth-order valence-corrected chi connectivity index (χ4v) is 2.78. The van der Waals surface area contributed by atoms with Gasteiger partial charge in [0.15, 0.2) is 5.75 Å². The van der Waals surface area contributed by atoms with Crippen molar-refractivity contribution in [1.82, 2.24) is 4.98 Å². The fourth-order valence-electron chi connectivity index (χ4n) is 1.48. The fraction of sp³-hybridized carbons (Fsp3) is 0.0769. The number of aryl methyl sites for hydroxylation is 1. The largest absolute Gasteiger partial charge is 0.435 e. The molecule has 0 aliphatic carbocycles. The van der Waals surface area contributed by atoms with Gasteiger partial charge in [-0.15, -0.1) is 0 Å². The third kappa shape index (κ3) is 3.16. The SMILES string of the molecule is Cc1cnc(Oc2c(N)cc(C#N)cc2I)c(Br)c1. The van der Waals surface area contributed by atoms with Gasteiger partial charge in [-0.2, -0.15) is 5.26 Å². The Morgan fingerprint density at radius 3 is 2.74 bits per heavy atom. The number of halogens is 2. The maximum absolute atomic E-state index is 8.87. The van der Waals surface area contributed by atoms with Crippen LogP contribution in [0.4, 0.5) is 5.69 Å². The summed E-state index contributed by atoms with van der Waals surface area (Å²) in [4.78, 5) is 4.20. The minimum atomic E-state index is 0.415. The van der Waals surface area contributed by atoms with Gasteiger partial charge in [0.05, 0.1) is 25.4 Å². The number of ether oxygens (including phenoxy) is 1. The molecule has 0 atom stereocenters. The standard InChI is InChI=1S/C13H9BrIN3O/c1-7-2-9(14)13(18-6-7)19-12-10(15)3-8(5-16)4-11(12)17/h2-4,6H,17H2,1H3. The summed E-state index contributed by atoms with van der Waals surface area (Å²) in [5.74, 6) is 0.955. The van der Waals surface area contributed by atoms with Crippen LogP contribution in [0.2, 0.25) is 0 Å². The third-order valence-electron chi connectivity index (χ3n) is 2.34. The van der Waals surface area contributed by atoms with Crippen LogP contribution in [-0.4, -0.2) is 4.98 Å². The number of nitrogen functional groups attached to an aromatic ring is 1. The first-order valence-corrected chi connectivity index (χ1v) is 7.17. The summed E-state index contributed by atoms with van der Waals surface area (Å²) in [6.07, 6.45) is 1.72. The quantitative estimate of drug-likeness (QED) is 0.578. The van der Waals surface area contributed by atoms with E-state index in [1.54, 1.807) is 18.3 Å². The minimum absolute atomic E-state index is 0.415. The Morgan fingerprint density at radius 2 is 2.16 bits per heavy atom. The molecule has 0 aliphatic heterocycles. The zero-order valence-corrected chi connectivity index (χ0v) is 13.7. The first-order valence-electron chi connectivity index (χ1n) is 5.30. The molecule has 6 heteroatoms. The second-order valence-electron chi connectivity index (χ2n) is 3.89. The molecule has 1 aromatic heterocycles. The molecule has 0 saturated carbocycles. The zero-order chi connectivity index (χ0) is 14.0. The van der Waals surface area contributed by atoms with Crippen molar-refractivity contribution in [3.63, 3.8) is 0 Å². The highest BCUT2D eigenvalue weighted by molar-refractivity contribution is 14.1. The Bertz CT molecular complexity index is 659. The number of anilines is 1. The molecule has 0 radical (unpaired) electrons. The van der Waals surface area contributed by atoms with Crippen molar-refractivity contribution in [1.29, 1.82) is 5.26 Å². The summed E-state index contributed by atoms with van der Waals surface area (Å²) in [5, 5.41) is 8.87. The van der Waals surface area contributed by atoms with Gasteiger partial charge < -0.3 is 10.5 Å². The van der Waals surface area contributed by atoms with E-state index >= 15 is 0 Å². The molecule has 0 aliphatic rings. The molecular formula is C13H9BrIN3O. The monoisotopic (exact) mass is 429 g/mol. The number of hydrogen-bond donors (Lipinski definition) is 1. The Hall–Kier alpha value is -1.33. The lowest BCUT2D eigenvalue weighted by molar-refractivity contribution is 0.458. The molecule has 2 rings (SSSR count). The average Bonchev–Trinajstić information content (AvgIpc) is 2.35. The van der Waals surface area contributed by atoms with E-state index in [9.17, 15) is 0 Å². The summed E-state index contributed by atoms with van der Waals surface area (Å²) in [6, 6.07) is 7.26. The van der Waals surface area contributed by atoms with Crippen LogP contribution < -0.4 is 10.5 Å². The van der Waals surface area contributed by atoms with Crippen molar-refractivity contribution >= 4 is 44.2 Å². The number of nitrogens with two attached hydrogens (primary N) is 1. The van der Waals surface area contributed by atoms with Crippen molar-refractivity contribution in [3.05, 3.63) is 43.6 Å². The molecule has 2 N–H and O–H groups in total. The van der Waals surface area contributed by atoms with Gasteiger partial charge in [-0.3, -0.25) is 0 Å². The topological polar surface area (TPSA) is 71.9 Å². The van der Waals surface area contributed by atoms with Gasteiger partial charge >= 0.3 is 0 Å². The molecule has 0 bridgehead atoms. The molecule has 0 unspecified atom stereocenters. The number of nitrogens with zero attached hydrogens (tertiary/aromatic N) is 2. The number of nitriles is 1. The van der Waals surface area contributed by atoms with Crippen LogP contribution in [0.3, 0.4) is 0 Å². The van der Waals surface area contributed by atoms with E-state index < -0.39 is 0 Å². The molecule has 0 amide bonds. The van der Waals surface area contributed by atoms with Gasteiger partial charge in [-0.1, -0.05) is 0 Å². The Labute approximate surface area is 132 Å². The van der Waals surface area contributed by atoms with Gasteiger partial charge in [0.25, 0.3) is 0 Å². The summed E-state index contributed by atoms with van der Waals surface area (Å²) < 4.78 is 7.25. The molecule has 4 nitrogen and oxygen atoms in total. The average molecular weight is 430 g/mol. The summed E-state index contributed by atoms with van der Waals surface area (Å²) in [6.45, 7) is 1.95. The number of hydrogen-bond acceptors (Lipinski definition) is 4. The smallest absolute Gasteiger partial charge is 0.233 e. The first kappa shape index (κ1) is 14.1. The van der Waals surface area contributed by atoms with Crippen LogP contribution in [0.15, 0.2) is 28.9 Å². The van der Waals surface area contributed by atoms with Crippen molar-refractivity contribution in [2.24, 2.45) is 0 Å². The molecule has 0 fully saturated rings. The van der Waals surface area contributed by atoms with Crippen molar-refractivity contribution in [2.45, 2.75) is 6.92 Å². The maximum Gasteiger partial charge on any atom is 0.233 e. The molecule has 1 heterocycles. The predicted molar refractivity (Wildman–Crippen MR) is 85.0 cm³/mol. The molecule has 0 saturated heterocycles. The number of aromatic nitrogens is 1. The number of pyridine rings is 1. The van der Waals surface area contributed by atoms with Crippen LogP contribution in [0.25, 0.3) is 0 Å². The number of benzene rings is 1.